The molecule has 2 N–H and O–H groups in total. The zero-order chi connectivity index (χ0) is 21.6. The van der Waals surface area contributed by atoms with Crippen LogP contribution in [-0.2, 0) is 14.3 Å². The lowest BCUT2D eigenvalue weighted by atomic mass is 10.0. The standard InChI is InChI=1S/C21H26N2O6/c1-12(2)18(23-20(25)17-7-6-10-28-17)21(26)29-14(4)19(24)22-15-11-13(3)8-9-16(15)27-5/h6-12,14,18H,1-5H3,(H,22,24)(H,23,25)/t14-,18-/m0/s1. The van der Waals surface area contributed by atoms with Crippen LogP contribution in [0.3, 0.4) is 0 Å². The lowest BCUT2D eigenvalue weighted by molar-refractivity contribution is -0.156. The highest BCUT2D eigenvalue weighted by atomic mass is 16.5. The second kappa shape index (κ2) is 9.77. The molecular formula is C21H26N2O6. The third kappa shape index (κ3) is 5.84. The van der Waals surface area contributed by atoms with Gasteiger partial charge in [-0.25, -0.2) is 4.79 Å². The summed E-state index contributed by atoms with van der Waals surface area (Å²) in [5.74, 6) is -1.43. The van der Waals surface area contributed by atoms with Crippen LogP contribution >= 0.6 is 0 Å². The first-order valence-corrected chi connectivity index (χ1v) is 9.23. The van der Waals surface area contributed by atoms with Crippen molar-refractivity contribution in [1.29, 1.82) is 0 Å². The van der Waals surface area contributed by atoms with E-state index in [1.54, 1.807) is 32.0 Å². The van der Waals surface area contributed by atoms with Gasteiger partial charge in [0.15, 0.2) is 11.9 Å². The molecule has 0 radical (unpaired) electrons. The van der Waals surface area contributed by atoms with Gasteiger partial charge in [0.2, 0.25) is 0 Å². The van der Waals surface area contributed by atoms with Gasteiger partial charge in [-0.2, -0.15) is 0 Å². The maximum absolute atomic E-state index is 12.6. The van der Waals surface area contributed by atoms with E-state index in [9.17, 15) is 14.4 Å². The molecule has 2 amide bonds. The van der Waals surface area contributed by atoms with Crippen LogP contribution in [0.4, 0.5) is 5.69 Å². The number of amides is 2. The summed E-state index contributed by atoms with van der Waals surface area (Å²) in [6.45, 7) is 6.86. The molecule has 0 unspecified atom stereocenters. The Morgan fingerprint density at radius 1 is 1.10 bits per heavy atom. The Morgan fingerprint density at radius 3 is 2.41 bits per heavy atom. The van der Waals surface area contributed by atoms with E-state index in [1.165, 1.54) is 26.4 Å². The fourth-order valence-corrected chi connectivity index (χ4v) is 2.57. The molecule has 0 bridgehead atoms. The van der Waals surface area contributed by atoms with Crippen LogP contribution in [0.5, 0.6) is 5.75 Å². The molecule has 156 valence electrons. The van der Waals surface area contributed by atoms with Crippen molar-refractivity contribution >= 4 is 23.5 Å². The fraction of sp³-hybridized carbons (Fsp3) is 0.381. The summed E-state index contributed by atoms with van der Waals surface area (Å²) < 4.78 is 15.6. The van der Waals surface area contributed by atoms with Gasteiger partial charge in [0.05, 0.1) is 19.1 Å². The first-order chi connectivity index (χ1) is 13.7. The van der Waals surface area contributed by atoms with Crippen LogP contribution in [-0.4, -0.2) is 37.0 Å². The van der Waals surface area contributed by atoms with Crippen LogP contribution in [0.25, 0.3) is 0 Å². The number of rotatable bonds is 8. The molecule has 8 nitrogen and oxygen atoms in total. The number of anilines is 1. The summed E-state index contributed by atoms with van der Waals surface area (Å²) in [6.07, 6.45) is 0.290. The summed E-state index contributed by atoms with van der Waals surface area (Å²) in [4.78, 5) is 37.2. The largest absolute Gasteiger partial charge is 0.495 e. The third-order valence-electron chi connectivity index (χ3n) is 4.23. The van der Waals surface area contributed by atoms with Crippen molar-refractivity contribution in [2.24, 2.45) is 5.92 Å². The fourth-order valence-electron chi connectivity index (χ4n) is 2.57. The molecule has 0 aliphatic heterocycles. The molecule has 0 aliphatic rings. The highest BCUT2D eigenvalue weighted by Crippen LogP contribution is 2.25. The molecule has 0 saturated heterocycles. The van der Waals surface area contributed by atoms with Crippen molar-refractivity contribution < 1.29 is 28.3 Å². The zero-order valence-corrected chi connectivity index (χ0v) is 17.1. The molecule has 1 aromatic carbocycles. The number of ether oxygens (including phenoxy) is 2. The smallest absolute Gasteiger partial charge is 0.329 e. The second-order valence-corrected chi connectivity index (χ2v) is 6.94. The van der Waals surface area contributed by atoms with Crippen LogP contribution in [0.15, 0.2) is 41.0 Å². The van der Waals surface area contributed by atoms with Gasteiger partial charge in [0.25, 0.3) is 11.8 Å². The van der Waals surface area contributed by atoms with Crippen LogP contribution in [0.2, 0.25) is 0 Å². The van der Waals surface area contributed by atoms with Gasteiger partial charge in [0.1, 0.15) is 11.8 Å². The Labute approximate surface area is 169 Å². The van der Waals surface area contributed by atoms with Crippen LogP contribution < -0.4 is 15.4 Å². The normalized spacial score (nSPS) is 12.8. The Kier molecular flexibility index (Phi) is 7.41. The zero-order valence-electron chi connectivity index (χ0n) is 17.1. The van der Waals surface area contributed by atoms with Crippen LogP contribution in [0, 0.1) is 12.8 Å². The monoisotopic (exact) mass is 402 g/mol. The number of esters is 1. The maximum atomic E-state index is 12.6. The van der Waals surface area contributed by atoms with E-state index in [1.807, 2.05) is 13.0 Å². The van der Waals surface area contributed by atoms with Gasteiger partial charge in [-0.15, -0.1) is 0 Å². The van der Waals surface area contributed by atoms with Gasteiger partial charge in [0, 0.05) is 0 Å². The van der Waals surface area contributed by atoms with E-state index in [2.05, 4.69) is 10.6 Å². The molecule has 0 spiro atoms. The molecule has 2 rings (SSSR count). The highest BCUT2D eigenvalue weighted by Gasteiger charge is 2.30. The Balaban J connectivity index is 2.02. The van der Waals surface area contributed by atoms with Crippen molar-refractivity contribution in [1.82, 2.24) is 5.32 Å². The number of carbonyl (C=O) groups excluding carboxylic acids is 3. The van der Waals surface area contributed by atoms with E-state index in [4.69, 9.17) is 13.9 Å². The first-order valence-electron chi connectivity index (χ1n) is 9.23. The predicted octanol–water partition coefficient (Wildman–Crippen LogP) is 2.92. The summed E-state index contributed by atoms with van der Waals surface area (Å²) in [7, 11) is 1.50. The first kappa shape index (κ1) is 22.0. The lowest BCUT2D eigenvalue weighted by Gasteiger charge is -2.22. The second-order valence-electron chi connectivity index (χ2n) is 6.94. The molecule has 0 fully saturated rings. The number of hydrogen-bond acceptors (Lipinski definition) is 6. The Morgan fingerprint density at radius 2 is 1.83 bits per heavy atom. The molecule has 8 heteroatoms. The van der Waals surface area contributed by atoms with Crippen molar-refractivity contribution in [3.63, 3.8) is 0 Å². The summed E-state index contributed by atoms with van der Waals surface area (Å²) in [5.41, 5.74) is 1.41. The SMILES string of the molecule is COc1ccc(C)cc1NC(=O)[C@H](C)OC(=O)[C@@H](NC(=O)c1ccco1)C(C)C. The molecule has 0 saturated carbocycles. The minimum atomic E-state index is -1.07. The summed E-state index contributed by atoms with van der Waals surface area (Å²) in [5, 5.41) is 5.27. The predicted molar refractivity (Wildman–Crippen MR) is 107 cm³/mol. The maximum Gasteiger partial charge on any atom is 0.329 e. The van der Waals surface area contributed by atoms with Crippen LogP contribution in [0.1, 0.15) is 36.9 Å². The number of hydrogen-bond donors (Lipinski definition) is 2. The average Bonchev–Trinajstić information content (AvgIpc) is 3.20. The van der Waals surface area contributed by atoms with Gasteiger partial charge in [-0.1, -0.05) is 19.9 Å². The molecule has 2 atom stereocenters. The number of benzene rings is 1. The molecule has 29 heavy (non-hydrogen) atoms. The van der Waals surface area contributed by atoms with Crippen molar-refractivity contribution in [3.05, 3.63) is 47.9 Å². The quantitative estimate of drug-likeness (QED) is 0.658. The van der Waals surface area contributed by atoms with Crippen molar-refractivity contribution in [2.75, 3.05) is 12.4 Å². The number of methoxy groups -OCH3 is 1. The molecule has 1 heterocycles. The van der Waals surface area contributed by atoms with E-state index < -0.39 is 29.9 Å². The third-order valence-corrected chi connectivity index (χ3v) is 4.23. The molecular weight excluding hydrogens is 376 g/mol. The molecule has 2 aromatic rings. The lowest BCUT2D eigenvalue weighted by Crippen LogP contribution is -2.47. The number of nitrogens with one attached hydrogen (secondary N) is 2. The van der Waals surface area contributed by atoms with E-state index in [-0.39, 0.29) is 11.7 Å². The number of aryl methyl sites for hydroxylation is 1. The van der Waals surface area contributed by atoms with Crippen molar-refractivity contribution in [3.8, 4) is 5.75 Å². The van der Waals surface area contributed by atoms with E-state index in [0.717, 1.165) is 5.56 Å². The van der Waals surface area contributed by atoms with Crippen molar-refractivity contribution in [2.45, 2.75) is 39.8 Å². The summed E-state index contributed by atoms with van der Waals surface area (Å²) in [6, 6.07) is 7.47. The summed E-state index contributed by atoms with van der Waals surface area (Å²) >= 11 is 0. The number of furan rings is 1. The molecule has 0 aliphatic carbocycles. The Bertz CT molecular complexity index is 860. The average molecular weight is 402 g/mol. The topological polar surface area (TPSA) is 107 Å². The Hall–Kier alpha value is -3.29. The minimum absolute atomic E-state index is 0.0841. The number of carbonyl (C=O) groups is 3. The highest BCUT2D eigenvalue weighted by molar-refractivity contribution is 5.98. The van der Waals surface area contributed by atoms with Gasteiger partial charge in [-0.3, -0.25) is 9.59 Å². The molecule has 1 aromatic heterocycles. The minimum Gasteiger partial charge on any atom is -0.495 e. The van der Waals surface area contributed by atoms with E-state index >= 15 is 0 Å². The van der Waals surface area contributed by atoms with Gasteiger partial charge in [-0.05, 0) is 49.6 Å². The van der Waals surface area contributed by atoms with Gasteiger partial charge >= 0.3 is 5.97 Å². The van der Waals surface area contributed by atoms with E-state index in [0.29, 0.717) is 11.4 Å². The van der Waals surface area contributed by atoms with Gasteiger partial charge < -0.3 is 24.5 Å².